The first-order chi connectivity index (χ1) is 15.1. The lowest BCUT2D eigenvalue weighted by Gasteiger charge is -2.27. The summed E-state index contributed by atoms with van der Waals surface area (Å²) < 4.78 is 8.39. The maximum atomic E-state index is 6.11. The molecule has 0 saturated carbocycles. The van der Waals surface area contributed by atoms with Crippen molar-refractivity contribution in [1.82, 2.24) is 14.5 Å². The first-order valence-corrected chi connectivity index (χ1v) is 12.1. The van der Waals surface area contributed by atoms with Gasteiger partial charge in [-0.3, -0.25) is 4.90 Å². The normalized spacial score (nSPS) is 16.4. The van der Waals surface area contributed by atoms with Crippen LogP contribution >= 0.6 is 11.6 Å². The van der Waals surface area contributed by atoms with E-state index in [1.54, 1.807) is 0 Å². The molecule has 0 bridgehead atoms. The minimum atomic E-state index is 0.346. The number of nitrogens with zero attached hydrogens (tertiary/aromatic N) is 3. The zero-order valence-electron chi connectivity index (χ0n) is 18.8. The molecule has 5 heteroatoms. The van der Waals surface area contributed by atoms with Crippen LogP contribution in [0.5, 0.6) is 5.75 Å². The fraction of sp³-hybridized carbons (Fsp3) is 0.500. The first kappa shape index (κ1) is 22.2. The Kier molecular flexibility index (Phi) is 7.52. The highest BCUT2D eigenvalue weighted by Gasteiger charge is 2.23. The molecule has 1 saturated heterocycles. The van der Waals surface area contributed by atoms with Crippen molar-refractivity contribution >= 4 is 22.6 Å². The van der Waals surface area contributed by atoms with Crippen molar-refractivity contribution in [3.05, 3.63) is 58.9 Å². The van der Waals surface area contributed by atoms with Crippen LogP contribution < -0.4 is 4.74 Å². The Bertz CT molecular complexity index is 991. The zero-order valence-corrected chi connectivity index (χ0v) is 19.6. The van der Waals surface area contributed by atoms with Crippen molar-refractivity contribution < 1.29 is 4.74 Å². The zero-order chi connectivity index (χ0) is 21.6. The number of rotatable bonds is 8. The third-order valence-electron chi connectivity index (χ3n) is 6.42. The number of likely N-dealkylation sites (tertiary alicyclic amines) is 1. The predicted molar refractivity (Wildman–Crippen MR) is 129 cm³/mol. The molecule has 0 spiro atoms. The monoisotopic (exact) mass is 439 g/mol. The van der Waals surface area contributed by atoms with Gasteiger partial charge >= 0.3 is 0 Å². The largest absolute Gasteiger partial charge is 0.494 e. The maximum Gasteiger partial charge on any atom is 0.127 e. The molecule has 0 amide bonds. The van der Waals surface area contributed by atoms with Crippen molar-refractivity contribution in [2.75, 3.05) is 19.7 Å². The highest BCUT2D eigenvalue weighted by molar-refractivity contribution is 6.31. The first-order valence-electron chi connectivity index (χ1n) is 11.7. The number of halogens is 1. The third-order valence-corrected chi connectivity index (χ3v) is 6.84. The van der Waals surface area contributed by atoms with Crippen LogP contribution in [0, 0.1) is 6.92 Å². The van der Waals surface area contributed by atoms with E-state index in [4.69, 9.17) is 21.3 Å². The molecule has 166 valence electrons. The molecule has 1 fully saturated rings. The van der Waals surface area contributed by atoms with Crippen LogP contribution in [0.1, 0.15) is 62.9 Å². The van der Waals surface area contributed by atoms with Crippen molar-refractivity contribution in [1.29, 1.82) is 0 Å². The van der Waals surface area contributed by atoms with E-state index in [1.165, 1.54) is 50.1 Å². The number of hydrogen-bond acceptors (Lipinski definition) is 3. The highest BCUT2D eigenvalue weighted by atomic mass is 35.5. The molecular formula is C26H34ClN3O. The molecule has 2 heterocycles. The van der Waals surface area contributed by atoms with Gasteiger partial charge in [-0.25, -0.2) is 4.98 Å². The average Bonchev–Trinajstić information content (AvgIpc) is 2.94. The number of para-hydroxylation sites is 2. The molecule has 4 rings (SSSR count). The van der Waals surface area contributed by atoms with Crippen LogP contribution in [0.3, 0.4) is 0 Å². The van der Waals surface area contributed by atoms with E-state index >= 15 is 0 Å². The van der Waals surface area contributed by atoms with E-state index < -0.39 is 0 Å². The lowest BCUT2D eigenvalue weighted by molar-refractivity contribution is 0.207. The van der Waals surface area contributed by atoms with E-state index in [0.717, 1.165) is 41.2 Å². The van der Waals surface area contributed by atoms with Gasteiger partial charge in [0, 0.05) is 11.6 Å². The summed E-state index contributed by atoms with van der Waals surface area (Å²) in [5.41, 5.74) is 3.40. The van der Waals surface area contributed by atoms with E-state index in [1.807, 2.05) is 25.1 Å². The smallest absolute Gasteiger partial charge is 0.127 e. The molecule has 0 radical (unpaired) electrons. The van der Waals surface area contributed by atoms with Gasteiger partial charge in [-0.2, -0.15) is 0 Å². The summed E-state index contributed by atoms with van der Waals surface area (Å²) in [6, 6.07) is 14.7. The summed E-state index contributed by atoms with van der Waals surface area (Å²) in [6.45, 7) is 8.38. The minimum Gasteiger partial charge on any atom is -0.494 e. The number of hydrogen-bond donors (Lipinski definition) is 0. The summed E-state index contributed by atoms with van der Waals surface area (Å²) in [7, 11) is 0. The Balaban J connectivity index is 1.41. The molecule has 31 heavy (non-hydrogen) atoms. The number of aromatic nitrogens is 2. The molecule has 0 N–H and O–H groups in total. The van der Waals surface area contributed by atoms with Crippen LogP contribution in [0.15, 0.2) is 42.5 Å². The van der Waals surface area contributed by atoms with Crippen LogP contribution in [-0.2, 0) is 6.54 Å². The third kappa shape index (κ3) is 5.42. The highest BCUT2D eigenvalue weighted by Crippen LogP contribution is 2.27. The molecule has 1 atom stereocenters. The number of benzene rings is 2. The second-order valence-corrected chi connectivity index (χ2v) is 9.11. The van der Waals surface area contributed by atoms with Crippen LogP contribution in [0.4, 0.5) is 0 Å². The molecule has 2 aromatic carbocycles. The fourth-order valence-electron chi connectivity index (χ4n) is 4.56. The quantitative estimate of drug-likeness (QED) is 0.362. The van der Waals surface area contributed by atoms with Crippen molar-refractivity contribution in [3.63, 3.8) is 0 Å². The molecule has 0 aliphatic carbocycles. The average molecular weight is 440 g/mol. The Hall–Kier alpha value is -2.04. The van der Waals surface area contributed by atoms with Crippen LogP contribution in [0.25, 0.3) is 11.0 Å². The molecule has 3 aromatic rings. The maximum absolute atomic E-state index is 6.11. The van der Waals surface area contributed by atoms with E-state index in [0.29, 0.717) is 12.6 Å². The van der Waals surface area contributed by atoms with E-state index in [9.17, 15) is 0 Å². The predicted octanol–water partition coefficient (Wildman–Crippen LogP) is 6.79. The van der Waals surface area contributed by atoms with Gasteiger partial charge in [0.2, 0.25) is 0 Å². The molecule has 1 aromatic heterocycles. The topological polar surface area (TPSA) is 30.3 Å². The number of ether oxygens (including phenoxy) is 1. The van der Waals surface area contributed by atoms with Gasteiger partial charge in [-0.1, -0.05) is 36.6 Å². The van der Waals surface area contributed by atoms with Crippen molar-refractivity contribution in [2.45, 2.75) is 65.0 Å². The number of aryl methyl sites for hydroxylation is 2. The minimum absolute atomic E-state index is 0.346. The van der Waals surface area contributed by atoms with Gasteiger partial charge in [0.25, 0.3) is 0 Å². The van der Waals surface area contributed by atoms with Crippen molar-refractivity contribution in [2.24, 2.45) is 0 Å². The molecule has 1 aliphatic heterocycles. The summed E-state index contributed by atoms with van der Waals surface area (Å²) in [4.78, 5) is 7.68. The van der Waals surface area contributed by atoms with E-state index in [2.05, 4.69) is 40.7 Å². The second kappa shape index (κ2) is 10.5. The lowest BCUT2D eigenvalue weighted by Crippen LogP contribution is -2.30. The van der Waals surface area contributed by atoms with Gasteiger partial charge in [0.05, 0.1) is 23.7 Å². The molecule has 1 unspecified atom stereocenters. The van der Waals surface area contributed by atoms with Crippen LogP contribution in [-0.4, -0.2) is 34.1 Å². The molecule has 4 nitrogen and oxygen atoms in total. The second-order valence-electron chi connectivity index (χ2n) is 8.70. The van der Waals surface area contributed by atoms with Gasteiger partial charge in [0.15, 0.2) is 0 Å². The molecular weight excluding hydrogens is 406 g/mol. The Morgan fingerprint density at radius 3 is 2.58 bits per heavy atom. The summed E-state index contributed by atoms with van der Waals surface area (Å²) in [5, 5.41) is 0.783. The Morgan fingerprint density at radius 1 is 1.03 bits per heavy atom. The SMILES string of the molecule is Cc1cc(OCCCCn2c(C(C)N3CCCCCC3)nc3ccccc32)ccc1Cl. The number of unbranched alkanes of at least 4 members (excludes halogenated alkanes) is 1. The van der Waals surface area contributed by atoms with Crippen molar-refractivity contribution in [3.8, 4) is 5.75 Å². The number of imidazole rings is 1. The summed E-state index contributed by atoms with van der Waals surface area (Å²) in [5.74, 6) is 2.10. The Labute approximate surface area is 191 Å². The summed E-state index contributed by atoms with van der Waals surface area (Å²) >= 11 is 6.11. The Morgan fingerprint density at radius 2 is 1.81 bits per heavy atom. The van der Waals surface area contributed by atoms with Crippen LogP contribution in [0.2, 0.25) is 5.02 Å². The van der Waals surface area contributed by atoms with Gasteiger partial charge < -0.3 is 9.30 Å². The van der Waals surface area contributed by atoms with E-state index in [-0.39, 0.29) is 0 Å². The number of fused-ring (bicyclic) bond motifs is 1. The lowest BCUT2D eigenvalue weighted by atomic mass is 10.2. The standard InChI is InChI=1S/C26H34ClN3O/c1-20-19-22(13-14-23(20)27)31-18-10-9-17-30-25-12-6-5-11-24(25)28-26(30)21(2)29-15-7-3-4-8-16-29/h5-6,11-14,19,21H,3-4,7-10,15-18H2,1-2H3. The molecule has 1 aliphatic rings. The van der Waals surface area contributed by atoms with Gasteiger partial charge in [-0.05, 0) is 88.5 Å². The fourth-order valence-corrected chi connectivity index (χ4v) is 4.68. The van der Waals surface area contributed by atoms with Gasteiger partial charge in [0.1, 0.15) is 11.6 Å². The summed E-state index contributed by atoms with van der Waals surface area (Å²) in [6.07, 6.45) is 7.37. The van der Waals surface area contributed by atoms with Gasteiger partial charge in [-0.15, -0.1) is 0 Å².